The zero-order chi connectivity index (χ0) is 22.8. The summed E-state index contributed by atoms with van der Waals surface area (Å²) >= 11 is 1.58. The quantitative estimate of drug-likeness (QED) is 0.186. The highest BCUT2D eigenvalue weighted by Crippen LogP contribution is 2.32. The van der Waals surface area contributed by atoms with Gasteiger partial charge in [0.25, 0.3) is 5.91 Å². The third-order valence-corrected chi connectivity index (χ3v) is 5.30. The number of hydrogen-bond acceptors (Lipinski definition) is 6. The summed E-state index contributed by atoms with van der Waals surface area (Å²) in [6, 6.07) is 11.1. The number of amides is 2. The summed E-state index contributed by atoms with van der Waals surface area (Å²) in [4.78, 5) is 24.6. The third kappa shape index (κ3) is 7.62. The Labute approximate surface area is 184 Å². The van der Waals surface area contributed by atoms with Crippen LogP contribution in [-0.4, -0.2) is 28.6 Å². The number of thioether (sulfide) groups is 1. The van der Waals surface area contributed by atoms with Crippen molar-refractivity contribution in [1.29, 1.82) is 0 Å². The van der Waals surface area contributed by atoms with E-state index in [2.05, 4.69) is 5.32 Å². The van der Waals surface area contributed by atoms with Crippen LogP contribution in [0.2, 0.25) is 0 Å². The molecule has 2 atom stereocenters. The minimum atomic E-state index is -0.814. The van der Waals surface area contributed by atoms with Gasteiger partial charge in [0, 0.05) is 16.7 Å². The molecule has 0 spiro atoms. The first-order valence-electron chi connectivity index (χ1n) is 9.54. The van der Waals surface area contributed by atoms with Gasteiger partial charge >= 0.3 is 6.09 Å². The van der Waals surface area contributed by atoms with Crippen LogP contribution < -0.4 is 10.8 Å². The molecule has 0 aliphatic carbocycles. The Morgan fingerprint density at radius 2 is 1.94 bits per heavy atom. The molecule has 0 aliphatic heterocycles. The first kappa shape index (κ1) is 24.2. The van der Waals surface area contributed by atoms with E-state index in [1.54, 1.807) is 30.0 Å². The molecule has 0 saturated carbocycles. The molecule has 2 aromatic rings. The molecule has 0 bridgehead atoms. The molecular formula is C22H25FN2O5S. The topological polar surface area (TPSA) is 108 Å². The van der Waals surface area contributed by atoms with E-state index in [4.69, 9.17) is 9.94 Å². The highest BCUT2D eigenvalue weighted by molar-refractivity contribution is 7.98. The van der Waals surface area contributed by atoms with Gasteiger partial charge in [0.15, 0.2) is 11.6 Å². The van der Waals surface area contributed by atoms with Gasteiger partial charge in [0.05, 0.1) is 0 Å². The molecule has 2 amide bonds. The monoisotopic (exact) mass is 448 g/mol. The van der Waals surface area contributed by atoms with E-state index in [0.29, 0.717) is 24.1 Å². The molecule has 9 heteroatoms. The lowest BCUT2D eigenvalue weighted by atomic mass is 9.93. The van der Waals surface area contributed by atoms with E-state index >= 15 is 0 Å². The summed E-state index contributed by atoms with van der Waals surface area (Å²) in [6.07, 6.45) is 4.20. The van der Waals surface area contributed by atoms with Crippen molar-refractivity contribution in [3.05, 3.63) is 66.0 Å². The first-order chi connectivity index (χ1) is 14.8. The van der Waals surface area contributed by atoms with Crippen molar-refractivity contribution < 1.29 is 29.0 Å². The zero-order valence-electron chi connectivity index (χ0n) is 17.2. The Balaban J connectivity index is 2.12. The van der Waals surface area contributed by atoms with Crippen LogP contribution in [0.4, 0.5) is 14.9 Å². The van der Waals surface area contributed by atoms with E-state index in [0.717, 1.165) is 11.0 Å². The van der Waals surface area contributed by atoms with E-state index < -0.39 is 29.7 Å². The third-order valence-electron chi connectivity index (χ3n) is 4.56. The number of carbonyl (C=O) groups excluding carboxylic acids is 2. The number of halogens is 1. The van der Waals surface area contributed by atoms with E-state index in [1.165, 1.54) is 23.7 Å². The summed E-state index contributed by atoms with van der Waals surface area (Å²) < 4.78 is 19.5. The Morgan fingerprint density at radius 1 is 1.23 bits per heavy atom. The minimum absolute atomic E-state index is 0.240. The fraction of sp³-hybridized carbons (Fsp3) is 0.273. The van der Waals surface area contributed by atoms with Crippen molar-refractivity contribution >= 4 is 29.4 Å². The number of hydroxylamine groups is 1. The lowest BCUT2D eigenvalue weighted by Gasteiger charge is -2.25. The molecule has 2 rings (SSSR count). The van der Waals surface area contributed by atoms with Gasteiger partial charge in [0.1, 0.15) is 6.10 Å². The number of benzene rings is 2. The van der Waals surface area contributed by atoms with Crippen molar-refractivity contribution in [2.45, 2.75) is 30.8 Å². The summed E-state index contributed by atoms with van der Waals surface area (Å²) in [7, 11) is 0. The van der Waals surface area contributed by atoms with Gasteiger partial charge in [-0.2, -0.15) is 0 Å². The fourth-order valence-corrected chi connectivity index (χ4v) is 3.30. The predicted octanol–water partition coefficient (Wildman–Crippen LogP) is 5.02. The summed E-state index contributed by atoms with van der Waals surface area (Å²) in [5, 5.41) is 20.6. The second kappa shape index (κ2) is 12.0. The SMILES string of the molecule is CSc1ccc(NC(=O)O[C@@H](c2ccc(O)c(F)c2)[C@H](C)CC/C=C/C(=O)NO)cc1. The molecule has 31 heavy (non-hydrogen) atoms. The lowest BCUT2D eigenvalue weighted by molar-refractivity contribution is -0.124. The number of rotatable bonds is 9. The van der Waals surface area contributed by atoms with Crippen molar-refractivity contribution in [2.24, 2.45) is 5.92 Å². The lowest BCUT2D eigenvalue weighted by Crippen LogP contribution is -2.22. The molecule has 0 saturated heterocycles. The Morgan fingerprint density at radius 3 is 2.55 bits per heavy atom. The van der Waals surface area contributed by atoms with Crippen molar-refractivity contribution in [2.75, 3.05) is 11.6 Å². The highest BCUT2D eigenvalue weighted by atomic mass is 32.2. The number of aromatic hydroxyl groups is 1. The van der Waals surface area contributed by atoms with Crippen LogP contribution in [0.25, 0.3) is 0 Å². The molecule has 2 aromatic carbocycles. The van der Waals surface area contributed by atoms with E-state index in [9.17, 15) is 19.1 Å². The Kier molecular flexibility index (Phi) is 9.36. The van der Waals surface area contributed by atoms with Crippen LogP contribution >= 0.6 is 11.8 Å². The van der Waals surface area contributed by atoms with Gasteiger partial charge in [-0.25, -0.2) is 14.7 Å². The fourth-order valence-electron chi connectivity index (χ4n) is 2.89. The van der Waals surface area contributed by atoms with Crippen LogP contribution in [0.5, 0.6) is 5.75 Å². The average molecular weight is 449 g/mol. The molecule has 0 heterocycles. The van der Waals surface area contributed by atoms with Crippen molar-refractivity contribution in [1.82, 2.24) is 5.48 Å². The maximum absolute atomic E-state index is 13.9. The summed E-state index contributed by atoms with van der Waals surface area (Å²) in [5.74, 6) is -2.19. The van der Waals surface area contributed by atoms with Gasteiger partial charge in [-0.15, -0.1) is 11.8 Å². The minimum Gasteiger partial charge on any atom is -0.505 e. The van der Waals surface area contributed by atoms with Gasteiger partial charge in [-0.1, -0.05) is 19.1 Å². The molecule has 0 aromatic heterocycles. The highest BCUT2D eigenvalue weighted by Gasteiger charge is 2.24. The average Bonchev–Trinajstić information content (AvgIpc) is 2.77. The number of nitrogens with one attached hydrogen (secondary N) is 2. The van der Waals surface area contributed by atoms with Crippen molar-refractivity contribution in [3.63, 3.8) is 0 Å². The number of anilines is 1. The van der Waals surface area contributed by atoms with Gasteiger partial charge in [-0.3, -0.25) is 15.3 Å². The number of allylic oxidation sites excluding steroid dienone is 1. The van der Waals surface area contributed by atoms with Crippen molar-refractivity contribution in [3.8, 4) is 5.75 Å². The molecule has 0 aliphatic rings. The summed E-state index contributed by atoms with van der Waals surface area (Å²) in [6.45, 7) is 1.83. The van der Waals surface area contributed by atoms with E-state index in [1.807, 2.05) is 25.3 Å². The molecule has 0 unspecified atom stereocenters. The number of hydrogen-bond donors (Lipinski definition) is 4. The number of ether oxygens (including phenoxy) is 1. The normalized spacial score (nSPS) is 12.9. The van der Waals surface area contributed by atoms with E-state index in [-0.39, 0.29) is 5.92 Å². The molecule has 4 N–H and O–H groups in total. The molecular weight excluding hydrogens is 423 g/mol. The molecule has 166 valence electrons. The van der Waals surface area contributed by atoms with Crippen LogP contribution in [0, 0.1) is 11.7 Å². The summed E-state index contributed by atoms with van der Waals surface area (Å²) in [5.41, 5.74) is 2.45. The van der Waals surface area contributed by atoms with Gasteiger partial charge < -0.3 is 9.84 Å². The Bertz CT molecular complexity index is 921. The molecule has 7 nitrogen and oxygen atoms in total. The van der Waals surface area contributed by atoms with Crippen LogP contribution in [0.15, 0.2) is 59.5 Å². The van der Waals surface area contributed by atoms with Gasteiger partial charge in [-0.05, 0) is 67.0 Å². The standard InChI is InChI=1S/C22H25FN2O5S/c1-14(5-3-4-6-20(27)25-29)21(15-7-12-19(26)18(23)13-15)30-22(28)24-16-8-10-17(31-2)11-9-16/h4,6-14,21,26,29H,3,5H2,1-2H3,(H,24,28)(H,25,27)/b6-4+/t14-,21-/m1/s1. The maximum Gasteiger partial charge on any atom is 0.412 e. The van der Waals surface area contributed by atoms with Crippen LogP contribution in [0.1, 0.15) is 31.4 Å². The van der Waals surface area contributed by atoms with Crippen LogP contribution in [0.3, 0.4) is 0 Å². The number of carbonyl (C=O) groups is 2. The number of phenolic OH excluding ortho intramolecular Hbond substituents is 1. The smallest absolute Gasteiger partial charge is 0.412 e. The second-order valence-corrected chi connectivity index (χ2v) is 7.70. The van der Waals surface area contributed by atoms with Gasteiger partial charge in [0.2, 0.25) is 0 Å². The second-order valence-electron chi connectivity index (χ2n) is 6.82. The maximum atomic E-state index is 13.9. The zero-order valence-corrected chi connectivity index (χ0v) is 18.0. The number of phenols is 1. The largest absolute Gasteiger partial charge is 0.505 e. The first-order valence-corrected chi connectivity index (χ1v) is 10.8. The molecule has 0 radical (unpaired) electrons. The predicted molar refractivity (Wildman–Crippen MR) is 117 cm³/mol. The van der Waals surface area contributed by atoms with Crippen LogP contribution in [-0.2, 0) is 9.53 Å². The molecule has 0 fully saturated rings. The Hall–Kier alpha value is -3.04.